The van der Waals surface area contributed by atoms with E-state index in [-0.39, 0.29) is 0 Å². The average Bonchev–Trinajstić information content (AvgIpc) is 2.05. The van der Waals surface area contributed by atoms with Crippen molar-refractivity contribution >= 4 is 0 Å². The summed E-state index contributed by atoms with van der Waals surface area (Å²) < 4.78 is 0. The predicted molar refractivity (Wildman–Crippen MR) is 36.3 cm³/mol. The molecule has 0 bridgehead atoms. The Morgan fingerprint density at radius 3 is 3.40 bits per heavy atom. The van der Waals surface area contributed by atoms with Crippen LogP contribution in [0, 0.1) is 0 Å². The van der Waals surface area contributed by atoms with Crippen LogP contribution in [0.4, 0.5) is 0 Å². The van der Waals surface area contributed by atoms with E-state index in [4.69, 9.17) is 4.84 Å². The van der Waals surface area contributed by atoms with Gasteiger partial charge in [-0.2, -0.15) is 0 Å². The minimum Gasteiger partial charge on any atom is -0.276 e. The van der Waals surface area contributed by atoms with Gasteiger partial charge in [0.2, 0.25) is 0 Å². The van der Waals surface area contributed by atoms with Crippen LogP contribution in [0.1, 0.15) is 6.42 Å². The summed E-state index contributed by atoms with van der Waals surface area (Å²) in [5, 5.41) is 3.72. The predicted octanol–water partition coefficient (Wildman–Crippen LogP) is -0.127. The van der Waals surface area contributed by atoms with Crippen molar-refractivity contribution in [2.75, 3.05) is 19.7 Å². The molecule has 0 aromatic rings. The zero-order valence-corrected chi connectivity index (χ0v) is 5.79. The first kappa shape index (κ1) is 6.15. The Morgan fingerprint density at radius 1 is 1.50 bits per heavy atom. The van der Waals surface area contributed by atoms with Gasteiger partial charge in [0.25, 0.3) is 0 Å². The molecule has 4 heteroatoms. The number of nitrogens with one attached hydrogen (secondary N) is 1. The minimum absolute atomic E-state index is 0.670. The second kappa shape index (κ2) is 2.57. The summed E-state index contributed by atoms with van der Waals surface area (Å²) in [5.41, 5.74) is 3.11. The molecule has 1 N–H and O–H groups in total. The summed E-state index contributed by atoms with van der Waals surface area (Å²) in [6.07, 6.45) is 5.21. The van der Waals surface area contributed by atoms with Gasteiger partial charge in [0.15, 0.2) is 0 Å². The van der Waals surface area contributed by atoms with Gasteiger partial charge in [-0.25, -0.2) is 5.43 Å². The third kappa shape index (κ3) is 1.01. The number of hydrogen-bond donors (Lipinski definition) is 1. The maximum atomic E-state index is 5.24. The van der Waals surface area contributed by atoms with Gasteiger partial charge >= 0.3 is 0 Å². The molecule has 2 aliphatic heterocycles. The molecule has 0 atom stereocenters. The van der Waals surface area contributed by atoms with Crippen LogP contribution in [0.15, 0.2) is 12.3 Å². The van der Waals surface area contributed by atoms with Gasteiger partial charge in [0, 0.05) is 19.3 Å². The van der Waals surface area contributed by atoms with Crippen molar-refractivity contribution in [1.82, 2.24) is 15.7 Å². The number of hydrogen-bond acceptors (Lipinski definition) is 4. The minimum atomic E-state index is 0.670. The van der Waals surface area contributed by atoms with Gasteiger partial charge in [0.05, 0.1) is 6.61 Å². The van der Waals surface area contributed by atoms with Gasteiger partial charge in [-0.1, -0.05) is 0 Å². The van der Waals surface area contributed by atoms with Crippen LogP contribution in [0.25, 0.3) is 0 Å². The molecule has 0 amide bonds. The van der Waals surface area contributed by atoms with E-state index < -0.39 is 0 Å². The molecule has 1 saturated heterocycles. The molecule has 2 rings (SSSR count). The van der Waals surface area contributed by atoms with Crippen molar-refractivity contribution in [1.29, 1.82) is 0 Å². The zero-order valence-electron chi connectivity index (χ0n) is 5.79. The molecule has 0 radical (unpaired) electrons. The molecular weight excluding hydrogens is 130 g/mol. The first-order chi connectivity index (χ1) is 4.97. The topological polar surface area (TPSA) is 27.7 Å². The van der Waals surface area contributed by atoms with E-state index in [2.05, 4.69) is 5.43 Å². The van der Waals surface area contributed by atoms with E-state index in [1.165, 1.54) is 6.42 Å². The SMILES string of the molecule is C1=CN2CCCNN2OC1. The van der Waals surface area contributed by atoms with Crippen LogP contribution >= 0.6 is 0 Å². The lowest BCUT2D eigenvalue weighted by Crippen LogP contribution is -2.54. The van der Waals surface area contributed by atoms with Gasteiger partial charge in [-0.3, -0.25) is 9.85 Å². The monoisotopic (exact) mass is 141 g/mol. The van der Waals surface area contributed by atoms with E-state index in [1.807, 2.05) is 17.3 Å². The Bertz CT molecular complexity index is 148. The Balaban J connectivity index is 2.03. The molecule has 0 aliphatic carbocycles. The van der Waals surface area contributed by atoms with E-state index in [1.54, 1.807) is 5.28 Å². The van der Waals surface area contributed by atoms with Crippen LogP contribution < -0.4 is 5.43 Å². The van der Waals surface area contributed by atoms with Crippen molar-refractivity contribution in [3.63, 3.8) is 0 Å². The first-order valence-corrected chi connectivity index (χ1v) is 3.56. The lowest BCUT2D eigenvalue weighted by Gasteiger charge is -2.38. The average molecular weight is 141 g/mol. The highest BCUT2D eigenvalue weighted by atomic mass is 16.7. The largest absolute Gasteiger partial charge is 0.276 e. The summed E-state index contributed by atoms with van der Waals surface area (Å²) >= 11 is 0. The van der Waals surface area contributed by atoms with Crippen molar-refractivity contribution in [2.45, 2.75) is 6.42 Å². The lowest BCUT2D eigenvalue weighted by molar-refractivity contribution is -0.313. The fraction of sp³-hybridized carbons (Fsp3) is 0.667. The molecule has 0 saturated carbocycles. The lowest BCUT2D eigenvalue weighted by atomic mass is 10.4. The van der Waals surface area contributed by atoms with Crippen LogP contribution in [-0.4, -0.2) is 30.0 Å². The maximum absolute atomic E-state index is 5.24. The van der Waals surface area contributed by atoms with E-state index in [0.717, 1.165) is 13.1 Å². The summed E-state index contributed by atoms with van der Waals surface area (Å²) in [7, 11) is 0. The summed E-state index contributed by atoms with van der Waals surface area (Å²) in [6.45, 7) is 2.72. The quantitative estimate of drug-likeness (QED) is 0.508. The smallest absolute Gasteiger partial charge is 0.0920 e. The standard InChI is InChI=1S/C6H11N3O/c1-3-7-9-8(4-1)5-2-6-10-9/h2,5,7H,1,3-4,6H2. The van der Waals surface area contributed by atoms with Gasteiger partial charge in [-0.15, -0.1) is 0 Å². The maximum Gasteiger partial charge on any atom is 0.0920 e. The molecule has 56 valence electrons. The normalized spacial score (nSPS) is 26.6. The number of hydrazine groups is 2. The Kier molecular flexibility index (Phi) is 1.58. The summed E-state index contributed by atoms with van der Waals surface area (Å²) in [6, 6.07) is 0. The zero-order chi connectivity index (χ0) is 6.81. The molecule has 0 aromatic carbocycles. The Labute approximate surface area is 59.9 Å². The molecule has 10 heavy (non-hydrogen) atoms. The number of nitrogens with zero attached hydrogens (tertiary/aromatic N) is 2. The van der Waals surface area contributed by atoms with Crippen molar-refractivity contribution in [3.05, 3.63) is 12.3 Å². The second-order valence-corrected chi connectivity index (χ2v) is 2.38. The molecule has 0 spiro atoms. The van der Waals surface area contributed by atoms with E-state index in [9.17, 15) is 0 Å². The van der Waals surface area contributed by atoms with Crippen LogP contribution in [0.5, 0.6) is 0 Å². The van der Waals surface area contributed by atoms with Crippen molar-refractivity contribution in [2.24, 2.45) is 0 Å². The summed E-state index contributed by atoms with van der Waals surface area (Å²) in [4.78, 5) is 5.24. The Hall–Kier alpha value is -0.580. The molecule has 0 unspecified atom stereocenters. The molecule has 2 aliphatic rings. The van der Waals surface area contributed by atoms with Crippen molar-refractivity contribution < 1.29 is 4.84 Å². The third-order valence-corrected chi connectivity index (χ3v) is 1.61. The number of rotatable bonds is 0. The third-order valence-electron chi connectivity index (χ3n) is 1.61. The molecule has 4 nitrogen and oxygen atoms in total. The highest BCUT2D eigenvalue weighted by molar-refractivity contribution is 4.83. The van der Waals surface area contributed by atoms with Gasteiger partial charge in [-0.05, 0) is 17.8 Å². The van der Waals surface area contributed by atoms with Crippen LogP contribution in [0.2, 0.25) is 0 Å². The first-order valence-electron chi connectivity index (χ1n) is 3.56. The Morgan fingerprint density at radius 2 is 2.50 bits per heavy atom. The van der Waals surface area contributed by atoms with Gasteiger partial charge in [0.1, 0.15) is 0 Å². The van der Waals surface area contributed by atoms with Gasteiger partial charge < -0.3 is 0 Å². The van der Waals surface area contributed by atoms with Crippen LogP contribution in [-0.2, 0) is 4.84 Å². The molecular formula is C6H11N3O. The molecule has 1 fully saturated rings. The fourth-order valence-electron chi connectivity index (χ4n) is 1.13. The van der Waals surface area contributed by atoms with E-state index in [0.29, 0.717) is 6.61 Å². The number of fused-ring (bicyclic) bond motifs is 1. The second-order valence-electron chi connectivity index (χ2n) is 2.38. The molecule has 0 aromatic heterocycles. The fourth-order valence-corrected chi connectivity index (χ4v) is 1.13. The van der Waals surface area contributed by atoms with E-state index >= 15 is 0 Å². The summed E-state index contributed by atoms with van der Waals surface area (Å²) in [5.74, 6) is 0. The molecule has 2 heterocycles. The highest BCUT2D eigenvalue weighted by Crippen LogP contribution is 2.07. The van der Waals surface area contributed by atoms with Crippen LogP contribution in [0.3, 0.4) is 0 Å². The highest BCUT2D eigenvalue weighted by Gasteiger charge is 2.18. The van der Waals surface area contributed by atoms with Crippen molar-refractivity contribution in [3.8, 4) is 0 Å².